The van der Waals surface area contributed by atoms with Crippen LogP contribution in [0.2, 0.25) is 5.02 Å². The first-order chi connectivity index (χ1) is 8.16. The van der Waals surface area contributed by atoms with Gasteiger partial charge in [-0.15, -0.1) is 0 Å². The predicted octanol–water partition coefficient (Wildman–Crippen LogP) is 3.23. The minimum atomic E-state index is -1.09. The fraction of sp³-hybridized carbons (Fsp3) is 0.0769. The summed E-state index contributed by atoms with van der Waals surface area (Å²) in [5.41, 5.74) is 7.16. The molecule has 0 bridgehead atoms. The molecule has 2 aromatic carbocycles. The molecule has 4 heteroatoms. The van der Waals surface area contributed by atoms with Crippen molar-refractivity contribution in [2.45, 2.75) is 10.6 Å². The molecule has 0 spiro atoms. The number of rotatable bonds is 3. The molecule has 2 nitrogen and oxygen atoms in total. The van der Waals surface area contributed by atoms with Crippen molar-refractivity contribution in [3.8, 4) is 0 Å². The lowest BCUT2D eigenvalue weighted by atomic mass is 10.2. The van der Waals surface area contributed by atoms with Crippen molar-refractivity contribution in [3.63, 3.8) is 0 Å². The highest BCUT2D eigenvalue weighted by atomic mass is 35.5. The maximum absolute atomic E-state index is 12.1. The molecule has 0 aliphatic heterocycles. The molecule has 0 saturated heterocycles. The Morgan fingerprint density at radius 1 is 1.12 bits per heavy atom. The minimum Gasteiger partial charge on any atom is -0.398 e. The van der Waals surface area contributed by atoms with Crippen LogP contribution in [0.5, 0.6) is 0 Å². The SMILES string of the molecule is Nc1ccc(S(=O)Cc2ccccc2)cc1Cl. The number of anilines is 1. The van der Waals surface area contributed by atoms with Crippen molar-refractivity contribution in [2.75, 3.05) is 5.73 Å². The highest BCUT2D eigenvalue weighted by Gasteiger charge is 2.06. The van der Waals surface area contributed by atoms with Gasteiger partial charge in [-0.1, -0.05) is 41.9 Å². The zero-order valence-electron chi connectivity index (χ0n) is 9.10. The molecule has 0 radical (unpaired) electrons. The van der Waals surface area contributed by atoms with E-state index in [9.17, 15) is 4.21 Å². The Balaban J connectivity index is 2.18. The fourth-order valence-electron chi connectivity index (χ4n) is 1.46. The van der Waals surface area contributed by atoms with Gasteiger partial charge < -0.3 is 5.73 Å². The van der Waals surface area contributed by atoms with Crippen LogP contribution in [0.3, 0.4) is 0 Å². The van der Waals surface area contributed by atoms with E-state index >= 15 is 0 Å². The van der Waals surface area contributed by atoms with Gasteiger partial charge in [-0.2, -0.15) is 0 Å². The maximum atomic E-state index is 12.1. The molecule has 17 heavy (non-hydrogen) atoms. The molecule has 0 amide bonds. The van der Waals surface area contributed by atoms with Gasteiger partial charge in [0.25, 0.3) is 0 Å². The van der Waals surface area contributed by atoms with Crippen LogP contribution in [-0.4, -0.2) is 4.21 Å². The second-order valence-electron chi connectivity index (χ2n) is 3.66. The number of nitrogen functional groups attached to an aromatic ring is 1. The molecule has 2 N–H and O–H groups in total. The number of hydrogen-bond acceptors (Lipinski definition) is 2. The van der Waals surface area contributed by atoms with E-state index in [0.29, 0.717) is 21.4 Å². The van der Waals surface area contributed by atoms with Crippen molar-refractivity contribution >= 4 is 28.1 Å². The molecule has 0 heterocycles. The number of nitrogens with two attached hydrogens (primary N) is 1. The molecule has 88 valence electrons. The van der Waals surface area contributed by atoms with Gasteiger partial charge in [-0.3, -0.25) is 4.21 Å². The van der Waals surface area contributed by atoms with Gasteiger partial charge in [-0.25, -0.2) is 0 Å². The largest absolute Gasteiger partial charge is 0.398 e. The van der Waals surface area contributed by atoms with Crippen LogP contribution in [0.15, 0.2) is 53.4 Å². The number of benzene rings is 2. The fourth-order valence-corrected chi connectivity index (χ4v) is 2.83. The van der Waals surface area contributed by atoms with Gasteiger partial charge >= 0.3 is 0 Å². The van der Waals surface area contributed by atoms with Crippen molar-refractivity contribution in [1.82, 2.24) is 0 Å². The van der Waals surface area contributed by atoms with Gasteiger partial charge in [0, 0.05) is 4.90 Å². The van der Waals surface area contributed by atoms with E-state index < -0.39 is 10.8 Å². The van der Waals surface area contributed by atoms with E-state index in [1.807, 2.05) is 30.3 Å². The molecule has 0 fully saturated rings. The summed E-state index contributed by atoms with van der Waals surface area (Å²) in [4.78, 5) is 0.702. The third kappa shape index (κ3) is 3.08. The molecule has 2 rings (SSSR count). The quantitative estimate of drug-likeness (QED) is 0.866. The number of hydrogen-bond donors (Lipinski definition) is 1. The van der Waals surface area contributed by atoms with E-state index in [4.69, 9.17) is 17.3 Å². The second-order valence-corrected chi connectivity index (χ2v) is 5.52. The van der Waals surface area contributed by atoms with Crippen LogP contribution in [0, 0.1) is 0 Å². The highest BCUT2D eigenvalue weighted by molar-refractivity contribution is 7.84. The lowest BCUT2D eigenvalue weighted by Gasteiger charge is -2.04. The third-order valence-electron chi connectivity index (χ3n) is 2.38. The smallest absolute Gasteiger partial charge is 0.0647 e. The van der Waals surface area contributed by atoms with Crippen LogP contribution >= 0.6 is 11.6 Å². The molecular formula is C13H12ClNOS. The Labute approximate surface area is 108 Å². The van der Waals surface area contributed by atoms with E-state index in [0.717, 1.165) is 5.56 Å². The van der Waals surface area contributed by atoms with Gasteiger partial charge in [0.1, 0.15) is 0 Å². The summed E-state index contributed by atoms with van der Waals surface area (Å²) in [5, 5.41) is 0.448. The second kappa shape index (κ2) is 5.34. The monoisotopic (exact) mass is 265 g/mol. The first-order valence-corrected chi connectivity index (χ1v) is 6.84. The summed E-state index contributed by atoms with van der Waals surface area (Å²) in [6.07, 6.45) is 0. The first kappa shape index (κ1) is 12.1. The van der Waals surface area contributed by atoms with Crippen LogP contribution in [0.4, 0.5) is 5.69 Å². The molecular weight excluding hydrogens is 254 g/mol. The lowest BCUT2D eigenvalue weighted by molar-refractivity contribution is 0.682. The minimum absolute atomic E-state index is 0.448. The van der Waals surface area contributed by atoms with Crippen LogP contribution < -0.4 is 5.73 Å². The molecule has 0 aliphatic rings. The summed E-state index contributed by atoms with van der Waals surface area (Å²) in [5.74, 6) is 0.487. The van der Waals surface area contributed by atoms with Crippen LogP contribution in [-0.2, 0) is 16.6 Å². The van der Waals surface area contributed by atoms with E-state index in [2.05, 4.69) is 0 Å². The molecule has 1 atom stereocenters. The summed E-state index contributed by atoms with van der Waals surface area (Å²) in [7, 11) is -1.09. The summed E-state index contributed by atoms with van der Waals surface area (Å²) in [6.45, 7) is 0. The highest BCUT2D eigenvalue weighted by Crippen LogP contribution is 2.22. The average Bonchev–Trinajstić information content (AvgIpc) is 2.34. The topological polar surface area (TPSA) is 43.1 Å². The van der Waals surface area contributed by atoms with Crippen molar-refractivity contribution < 1.29 is 4.21 Å². The van der Waals surface area contributed by atoms with Gasteiger partial charge in [0.15, 0.2) is 0 Å². The summed E-state index contributed by atoms with van der Waals surface area (Å²) >= 11 is 5.90. The van der Waals surface area contributed by atoms with Crippen LogP contribution in [0.25, 0.3) is 0 Å². The van der Waals surface area contributed by atoms with Crippen molar-refractivity contribution in [1.29, 1.82) is 0 Å². The Morgan fingerprint density at radius 3 is 2.47 bits per heavy atom. The Hall–Kier alpha value is -1.32. The van der Waals surface area contributed by atoms with E-state index in [-0.39, 0.29) is 0 Å². The Kier molecular flexibility index (Phi) is 3.82. The predicted molar refractivity (Wildman–Crippen MR) is 72.4 cm³/mol. The normalized spacial score (nSPS) is 12.3. The standard InChI is InChI=1S/C13H12ClNOS/c14-12-8-11(6-7-13(12)15)17(16)9-10-4-2-1-3-5-10/h1-8H,9,15H2. The van der Waals surface area contributed by atoms with Crippen LogP contribution in [0.1, 0.15) is 5.56 Å². The van der Waals surface area contributed by atoms with Crippen molar-refractivity contribution in [2.24, 2.45) is 0 Å². The van der Waals surface area contributed by atoms with Gasteiger partial charge in [0.05, 0.1) is 27.3 Å². The molecule has 2 aromatic rings. The summed E-state index contributed by atoms with van der Waals surface area (Å²) < 4.78 is 12.1. The zero-order valence-corrected chi connectivity index (χ0v) is 10.7. The Bertz CT molecular complexity index is 542. The van der Waals surface area contributed by atoms with Gasteiger partial charge in [-0.05, 0) is 23.8 Å². The molecule has 0 saturated carbocycles. The molecule has 0 aliphatic carbocycles. The molecule has 0 aromatic heterocycles. The molecule has 1 unspecified atom stereocenters. The third-order valence-corrected chi connectivity index (χ3v) is 4.08. The van der Waals surface area contributed by atoms with Crippen molar-refractivity contribution in [3.05, 3.63) is 59.1 Å². The summed E-state index contributed by atoms with van der Waals surface area (Å²) in [6, 6.07) is 14.8. The van der Waals surface area contributed by atoms with E-state index in [1.54, 1.807) is 18.2 Å². The van der Waals surface area contributed by atoms with E-state index in [1.165, 1.54) is 0 Å². The van der Waals surface area contributed by atoms with Gasteiger partial charge in [0.2, 0.25) is 0 Å². The maximum Gasteiger partial charge on any atom is 0.0647 e. The lowest BCUT2D eigenvalue weighted by Crippen LogP contribution is -1.97. The first-order valence-electron chi connectivity index (χ1n) is 5.14. The Morgan fingerprint density at radius 2 is 1.82 bits per heavy atom. The number of halogens is 1. The average molecular weight is 266 g/mol. The zero-order chi connectivity index (χ0) is 12.3.